The minimum absolute atomic E-state index is 0.273. The molecule has 0 bridgehead atoms. The Kier molecular flexibility index (Phi) is 3.01. The van der Waals surface area contributed by atoms with Gasteiger partial charge in [-0.2, -0.15) is 9.36 Å². The molecule has 1 rings (SSSR count). The molecule has 7 heteroatoms. The van der Waals surface area contributed by atoms with Crippen molar-refractivity contribution >= 4 is 28.7 Å². The van der Waals surface area contributed by atoms with Crippen LogP contribution in [0.25, 0.3) is 0 Å². The molecule has 0 fully saturated rings. The molecule has 0 spiro atoms. The SMILES string of the molecule is Cc1nsc([S+]([O-])CC(=O)O)n1. The van der Waals surface area contributed by atoms with Gasteiger partial charge in [-0.3, -0.25) is 0 Å². The van der Waals surface area contributed by atoms with E-state index in [0.717, 1.165) is 11.5 Å². The van der Waals surface area contributed by atoms with E-state index in [9.17, 15) is 9.35 Å². The number of hydrogen-bond acceptors (Lipinski definition) is 5. The maximum atomic E-state index is 11.1. The lowest BCUT2D eigenvalue weighted by Crippen LogP contribution is -2.15. The Hall–Kier alpha value is -0.660. The Balaban J connectivity index is 2.64. The summed E-state index contributed by atoms with van der Waals surface area (Å²) in [5.41, 5.74) is 0. The summed E-state index contributed by atoms with van der Waals surface area (Å²) in [7, 11) is 0. The lowest BCUT2D eigenvalue weighted by Gasteiger charge is -2.00. The lowest BCUT2D eigenvalue weighted by molar-refractivity contribution is -0.134. The number of aliphatic carboxylic acids is 1. The summed E-state index contributed by atoms with van der Waals surface area (Å²) in [6.45, 7) is 1.66. The van der Waals surface area contributed by atoms with Gasteiger partial charge >= 0.3 is 10.3 Å². The Morgan fingerprint density at radius 3 is 2.92 bits per heavy atom. The van der Waals surface area contributed by atoms with Crippen molar-refractivity contribution in [3.8, 4) is 0 Å². The van der Waals surface area contributed by atoms with Crippen molar-refractivity contribution in [2.45, 2.75) is 11.3 Å². The molecule has 12 heavy (non-hydrogen) atoms. The average molecular weight is 206 g/mol. The van der Waals surface area contributed by atoms with Gasteiger partial charge in [0.15, 0.2) is 0 Å². The molecule has 0 aliphatic carbocycles. The van der Waals surface area contributed by atoms with Crippen LogP contribution in [0.15, 0.2) is 4.34 Å². The summed E-state index contributed by atoms with van der Waals surface area (Å²) >= 11 is -0.572. The van der Waals surface area contributed by atoms with Gasteiger partial charge in [-0.25, -0.2) is 4.79 Å². The Morgan fingerprint density at radius 1 is 1.83 bits per heavy atom. The van der Waals surface area contributed by atoms with Crippen molar-refractivity contribution in [1.82, 2.24) is 9.36 Å². The van der Waals surface area contributed by atoms with Crippen LogP contribution in [-0.4, -0.2) is 30.7 Å². The fraction of sp³-hybridized carbons (Fsp3) is 0.400. The van der Waals surface area contributed by atoms with Gasteiger partial charge < -0.3 is 9.66 Å². The highest BCUT2D eigenvalue weighted by Gasteiger charge is 2.19. The molecule has 1 N–H and O–H groups in total. The van der Waals surface area contributed by atoms with Crippen LogP contribution in [0.5, 0.6) is 0 Å². The van der Waals surface area contributed by atoms with Gasteiger partial charge in [0.25, 0.3) is 0 Å². The number of aromatic nitrogens is 2. The summed E-state index contributed by atoms with van der Waals surface area (Å²) in [6.07, 6.45) is 0. The number of rotatable bonds is 3. The first kappa shape index (κ1) is 9.43. The van der Waals surface area contributed by atoms with Gasteiger partial charge in [0.2, 0.25) is 5.75 Å². The summed E-state index contributed by atoms with van der Waals surface area (Å²) in [6, 6.07) is 0. The molecule has 0 aliphatic heterocycles. The first-order chi connectivity index (χ1) is 5.59. The van der Waals surface area contributed by atoms with E-state index < -0.39 is 22.9 Å². The minimum atomic E-state index is -1.55. The molecular weight excluding hydrogens is 200 g/mol. The van der Waals surface area contributed by atoms with Crippen LogP contribution in [0, 0.1) is 6.92 Å². The van der Waals surface area contributed by atoms with Crippen LogP contribution in [0.1, 0.15) is 5.82 Å². The molecule has 66 valence electrons. The molecule has 1 atom stereocenters. The topological polar surface area (TPSA) is 86.1 Å². The molecule has 5 nitrogen and oxygen atoms in total. The van der Waals surface area contributed by atoms with Crippen molar-refractivity contribution < 1.29 is 14.5 Å². The number of carbonyl (C=O) groups is 1. The fourth-order valence-electron chi connectivity index (χ4n) is 0.544. The summed E-state index contributed by atoms with van der Waals surface area (Å²) in [5, 5.41) is 8.32. The number of nitrogens with zero attached hydrogens (tertiary/aromatic N) is 2. The molecule has 0 amide bonds. The van der Waals surface area contributed by atoms with Crippen LogP contribution < -0.4 is 0 Å². The zero-order chi connectivity index (χ0) is 9.14. The minimum Gasteiger partial charge on any atom is -0.609 e. The quantitative estimate of drug-likeness (QED) is 0.705. The van der Waals surface area contributed by atoms with Crippen LogP contribution in [-0.2, 0) is 16.0 Å². The second kappa shape index (κ2) is 3.83. The summed E-state index contributed by atoms with van der Waals surface area (Å²) in [4.78, 5) is 14.0. The average Bonchev–Trinajstić information content (AvgIpc) is 2.34. The molecular formula is C5H6N2O3S2. The smallest absolute Gasteiger partial charge is 0.354 e. The van der Waals surface area contributed by atoms with E-state index >= 15 is 0 Å². The van der Waals surface area contributed by atoms with Crippen molar-refractivity contribution in [1.29, 1.82) is 0 Å². The van der Waals surface area contributed by atoms with Crippen LogP contribution >= 0.6 is 11.5 Å². The summed E-state index contributed by atoms with van der Waals surface area (Å²) in [5.74, 6) is -0.982. The van der Waals surface area contributed by atoms with E-state index in [1.165, 1.54) is 0 Å². The highest BCUT2D eigenvalue weighted by atomic mass is 32.2. The summed E-state index contributed by atoms with van der Waals surface area (Å²) < 4.78 is 15.2. The Bertz CT molecular complexity index is 288. The predicted molar refractivity (Wildman–Crippen MR) is 43.6 cm³/mol. The van der Waals surface area contributed by atoms with E-state index in [1.54, 1.807) is 6.92 Å². The number of carboxylic acids is 1. The van der Waals surface area contributed by atoms with E-state index in [-0.39, 0.29) is 4.34 Å². The fourth-order valence-corrected chi connectivity index (χ4v) is 2.17. The van der Waals surface area contributed by atoms with Gasteiger partial charge in [0.1, 0.15) is 5.82 Å². The van der Waals surface area contributed by atoms with Gasteiger partial charge in [0.05, 0.1) is 0 Å². The van der Waals surface area contributed by atoms with Gasteiger partial charge in [0, 0.05) is 22.7 Å². The molecule has 1 aromatic heterocycles. The van der Waals surface area contributed by atoms with Crippen LogP contribution in [0.4, 0.5) is 0 Å². The third-order valence-corrected chi connectivity index (χ3v) is 3.33. The second-order valence-electron chi connectivity index (χ2n) is 1.99. The molecule has 1 unspecified atom stereocenters. The first-order valence-electron chi connectivity index (χ1n) is 3.00. The van der Waals surface area contributed by atoms with Gasteiger partial charge in [-0.05, 0) is 6.92 Å². The zero-order valence-electron chi connectivity index (χ0n) is 6.18. The predicted octanol–water partition coefficient (Wildman–Crippen LogP) is 0.0387. The van der Waals surface area contributed by atoms with E-state index in [2.05, 4.69) is 9.36 Å². The number of carboxylic acid groups (broad SMARTS) is 1. The third kappa shape index (κ3) is 2.43. The second-order valence-corrected chi connectivity index (χ2v) is 4.37. The lowest BCUT2D eigenvalue weighted by atomic mass is 10.8. The third-order valence-electron chi connectivity index (χ3n) is 0.958. The molecule has 0 saturated heterocycles. The highest BCUT2D eigenvalue weighted by molar-refractivity contribution is 7.93. The maximum absolute atomic E-state index is 11.1. The maximum Gasteiger partial charge on any atom is 0.354 e. The standard InChI is InChI=1S/C5H6N2O3S2/c1-3-6-5(11-7-3)12(10)2-4(8)9/h2H2,1H3,(H,8,9). The molecule has 1 aromatic rings. The van der Waals surface area contributed by atoms with Crippen LogP contribution in [0.3, 0.4) is 0 Å². The van der Waals surface area contributed by atoms with Crippen molar-refractivity contribution in [3.63, 3.8) is 0 Å². The molecule has 1 heterocycles. The monoisotopic (exact) mass is 206 g/mol. The Morgan fingerprint density at radius 2 is 2.50 bits per heavy atom. The number of aryl methyl sites for hydroxylation is 1. The van der Waals surface area contributed by atoms with Crippen LogP contribution in [0.2, 0.25) is 0 Å². The van der Waals surface area contributed by atoms with Gasteiger partial charge in [-0.15, -0.1) is 0 Å². The molecule has 0 aromatic carbocycles. The molecule has 0 aliphatic rings. The normalized spacial score (nSPS) is 12.8. The largest absolute Gasteiger partial charge is 0.609 e. The van der Waals surface area contributed by atoms with Gasteiger partial charge in [-0.1, -0.05) is 0 Å². The van der Waals surface area contributed by atoms with Crippen molar-refractivity contribution in [2.24, 2.45) is 0 Å². The number of hydrogen-bond donors (Lipinski definition) is 1. The highest BCUT2D eigenvalue weighted by Crippen LogP contribution is 2.12. The first-order valence-corrected chi connectivity index (χ1v) is 5.09. The Labute approximate surface area is 75.8 Å². The van der Waals surface area contributed by atoms with E-state index in [4.69, 9.17) is 5.11 Å². The van der Waals surface area contributed by atoms with E-state index in [1.807, 2.05) is 0 Å². The van der Waals surface area contributed by atoms with Crippen molar-refractivity contribution in [3.05, 3.63) is 5.82 Å². The van der Waals surface area contributed by atoms with E-state index in [0.29, 0.717) is 5.82 Å². The molecule has 0 radical (unpaired) electrons. The zero-order valence-corrected chi connectivity index (χ0v) is 7.81. The molecule has 0 saturated carbocycles. The van der Waals surface area contributed by atoms with Crippen molar-refractivity contribution in [2.75, 3.05) is 5.75 Å².